The highest BCUT2D eigenvalue weighted by Crippen LogP contribution is 2.28. The van der Waals surface area contributed by atoms with Gasteiger partial charge in [0.05, 0.1) is 0 Å². The minimum Gasteiger partial charge on any atom is -0.340 e. The van der Waals surface area contributed by atoms with Crippen LogP contribution in [0.15, 0.2) is 48.5 Å². The fourth-order valence-electron chi connectivity index (χ4n) is 2.87. The Labute approximate surface area is 120 Å². The Hall–Kier alpha value is -1.80. The molecule has 1 N–H and O–H groups in total. The minimum atomic E-state index is 0.563. The van der Waals surface area contributed by atoms with Gasteiger partial charge in [-0.05, 0) is 25.1 Å². The van der Waals surface area contributed by atoms with Crippen molar-refractivity contribution in [1.82, 2.24) is 9.88 Å². The van der Waals surface area contributed by atoms with Gasteiger partial charge in [-0.3, -0.25) is 0 Å². The van der Waals surface area contributed by atoms with E-state index in [0.29, 0.717) is 6.04 Å². The molecule has 0 aliphatic carbocycles. The molecule has 104 valence electrons. The van der Waals surface area contributed by atoms with Crippen LogP contribution in [0.1, 0.15) is 20.3 Å². The number of fused-ring (bicyclic) bond motifs is 3. The quantitative estimate of drug-likeness (QED) is 0.685. The van der Waals surface area contributed by atoms with Crippen molar-refractivity contribution in [2.45, 2.75) is 32.9 Å². The van der Waals surface area contributed by atoms with Crippen LogP contribution in [-0.4, -0.2) is 17.2 Å². The first-order valence-corrected chi connectivity index (χ1v) is 7.47. The highest BCUT2D eigenvalue weighted by molar-refractivity contribution is 6.07. The van der Waals surface area contributed by atoms with Gasteiger partial charge >= 0.3 is 0 Å². The van der Waals surface area contributed by atoms with E-state index in [9.17, 15) is 0 Å². The summed E-state index contributed by atoms with van der Waals surface area (Å²) in [6.45, 7) is 6.52. The molecular formula is C18H22N2. The van der Waals surface area contributed by atoms with Crippen molar-refractivity contribution in [2.75, 3.05) is 6.54 Å². The lowest BCUT2D eigenvalue weighted by Crippen LogP contribution is -2.24. The number of hydrogen-bond donors (Lipinski definition) is 1. The van der Waals surface area contributed by atoms with Crippen LogP contribution in [0.5, 0.6) is 0 Å². The lowest BCUT2D eigenvalue weighted by molar-refractivity contribution is 0.545. The van der Waals surface area contributed by atoms with E-state index in [1.165, 1.54) is 21.8 Å². The van der Waals surface area contributed by atoms with Crippen molar-refractivity contribution in [3.05, 3.63) is 48.5 Å². The molecule has 0 bridgehead atoms. The predicted octanol–water partition coefficient (Wildman–Crippen LogP) is 4.18. The van der Waals surface area contributed by atoms with E-state index in [1.807, 2.05) is 0 Å². The number of hydrogen-bond acceptors (Lipinski definition) is 1. The van der Waals surface area contributed by atoms with E-state index in [0.717, 1.165) is 19.5 Å². The third kappa shape index (κ3) is 2.44. The number of aromatic nitrogens is 1. The molecule has 0 saturated carbocycles. The molecule has 0 fully saturated rings. The summed E-state index contributed by atoms with van der Waals surface area (Å²) in [6.07, 6.45) is 1.15. The highest BCUT2D eigenvalue weighted by Gasteiger charge is 2.08. The molecule has 2 heteroatoms. The summed E-state index contributed by atoms with van der Waals surface area (Å²) in [5, 5.41) is 6.21. The first kappa shape index (κ1) is 13.2. The lowest BCUT2D eigenvalue weighted by atomic mass is 10.2. The zero-order valence-electron chi connectivity index (χ0n) is 12.3. The maximum absolute atomic E-state index is 3.49. The van der Waals surface area contributed by atoms with Gasteiger partial charge in [-0.25, -0.2) is 0 Å². The molecule has 0 atom stereocenters. The van der Waals surface area contributed by atoms with Crippen LogP contribution in [0.4, 0.5) is 0 Å². The number of para-hydroxylation sites is 2. The molecular weight excluding hydrogens is 244 g/mol. The Bertz CT molecular complexity index is 656. The molecule has 2 aromatic carbocycles. The van der Waals surface area contributed by atoms with Gasteiger partial charge in [0.2, 0.25) is 0 Å². The van der Waals surface area contributed by atoms with Crippen LogP contribution in [0.25, 0.3) is 21.8 Å². The van der Waals surface area contributed by atoms with Crippen LogP contribution in [0.2, 0.25) is 0 Å². The number of rotatable bonds is 5. The Morgan fingerprint density at radius 3 is 2.00 bits per heavy atom. The average molecular weight is 266 g/mol. The van der Waals surface area contributed by atoms with Gasteiger partial charge in [-0.1, -0.05) is 50.2 Å². The molecule has 0 aliphatic rings. The standard InChI is InChI=1S/C18H22N2/c1-14(2)19-12-7-13-20-17-10-5-3-8-15(17)16-9-4-6-11-18(16)20/h3-6,8-11,14,19H,7,12-13H2,1-2H3. The SMILES string of the molecule is CC(C)NCCCn1c2ccccc2c2ccccc21. The van der Waals surface area contributed by atoms with Crippen molar-refractivity contribution in [1.29, 1.82) is 0 Å². The molecule has 1 heterocycles. The summed E-state index contributed by atoms with van der Waals surface area (Å²) in [5.41, 5.74) is 2.69. The van der Waals surface area contributed by atoms with Crippen molar-refractivity contribution in [3.8, 4) is 0 Å². The second-order valence-electron chi connectivity index (χ2n) is 5.65. The van der Waals surface area contributed by atoms with E-state index < -0.39 is 0 Å². The fraction of sp³-hybridized carbons (Fsp3) is 0.333. The summed E-state index contributed by atoms with van der Waals surface area (Å²) < 4.78 is 2.45. The number of aryl methyl sites for hydroxylation is 1. The normalized spacial score (nSPS) is 11.8. The predicted molar refractivity (Wildman–Crippen MR) is 87.2 cm³/mol. The Morgan fingerprint density at radius 1 is 0.900 bits per heavy atom. The summed E-state index contributed by atoms with van der Waals surface area (Å²) in [4.78, 5) is 0. The summed E-state index contributed by atoms with van der Waals surface area (Å²) in [6, 6.07) is 18.0. The summed E-state index contributed by atoms with van der Waals surface area (Å²) >= 11 is 0. The Kier molecular flexibility index (Phi) is 3.75. The topological polar surface area (TPSA) is 17.0 Å². The third-order valence-electron chi connectivity index (χ3n) is 3.79. The van der Waals surface area contributed by atoms with Crippen LogP contribution in [-0.2, 0) is 6.54 Å². The second-order valence-corrected chi connectivity index (χ2v) is 5.65. The van der Waals surface area contributed by atoms with Gasteiger partial charge in [0.25, 0.3) is 0 Å². The minimum absolute atomic E-state index is 0.563. The first-order chi connectivity index (χ1) is 9.77. The van der Waals surface area contributed by atoms with E-state index in [2.05, 4.69) is 72.3 Å². The van der Waals surface area contributed by atoms with Gasteiger partial charge < -0.3 is 9.88 Å². The molecule has 0 amide bonds. The molecule has 1 aromatic heterocycles. The monoisotopic (exact) mass is 266 g/mol. The molecule has 0 saturated heterocycles. The molecule has 0 radical (unpaired) electrons. The van der Waals surface area contributed by atoms with Gasteiger partial charge in [-0.15, -0.1) is 0 Å². The summed E-state index contributed by atoms with van der Waals surface area (Å²) in [5.74, 6) is 0. The van der Waals surface area contributed by atoms with Gasteiger partial charge in [0.1, 0.15) is 0 Å². The molecule has 0 spiro atoms. The maximum atomic E-state index is 3.49. The van der Waals surface area contributed by atoms with E-state index in [4.69, 9.17) is 0 Å². The molecule has 3 rings (SSSR count). The molecule has 0 unspecified atom stereocenters. The van der Waals surface area contributed by atoms with Crippen LogP contribution >= 0.6 is 0 Å². The van der Waals surface area contributed by atoms with Gasteiger partial charge in [0.15, 0.2) is 0 Å². The van der Waals surface area contributed by atoms with Gasteiger partial charge in [0, 0.05) is 34.4 Å². The van der Waals surface area contributed by atoms with Crippen molar-refractivity contribution >= 4 is 21.8 Å². The first-order valence-electron chi connectivity index (χ1n) is 7.47. The molecule has 20 heavy (non-hydrogen) atoms. The molecule has 2 nitrogen and oxygen atoms in total. The largest absolute Gasteiger partial charge is 0.340 e. The van der Waals surface area contributed by atoms with Crippen LogP contribution in [0, 0.1) is 0 Å². The van der Waals surface area contributed by atoms with Crippen molar-refractivity contribution < 1.29 is 0 Å². The Morgan fingerprint density at radius 2 is 1.45 bits per heavy atom. The number of benzene rings is 2. The lowest BCUT2D eigenvalue weighted by Gasteiger charge is -2.10. The molecule has 0 aliphatic heterocycles. The number of nitrogens with zero attached hydrogens (tertiary/aromatic N) is 1. The summed E-state index contributed by atoms with van der Waals surface area (Å²) in [7, 11) is 0. The van der Waals surface area contributed by atoms with Gasteiger partial charge in [-0.2, -0.15) is 0 Å². The Balaban J connectivity index is 1.95. The fourth-order valence-corrected chi connectivity index (χ4v) is 2.87. The number of nitrogens with one attached hydrogen (secondary N) is 1. The maximum Gasteiger partial charge on any atom is 0.0491 e. The second kappa shape index (κ2) is 5.68. The smallest absolute Gasteiger partial charge is 0.0491 e. The van der Waals surface area contributed by atoms with E-state index in [-0.39, 0.29) is 0 Å². The van der Waals surface area contributed by atoms with Crippen molar-refractivity contribution in [3.63, 3.8) is 0 Å². The zero-order chi connectivity index (χ0) is 13.9. The zero-order valence-corrected chi connectivity index (χ0v) is 12.3. The van der Waals surface area contributed by atoms with E-state index >= 15 is 0 Å². The third-order valence-corrected chi connectivity index (χ3v) is 3.79. The van der Waals surface area contributed by atoms with Crippen LogP contribution < -0.4 is 5.32 Å². The van der Waals surface area contributed by atoms with Crippen molar-refractivity contribution in [2.24, 2.45) is 0 Å². The highest BCUT2D eigenvalue weighted by atomic mass is 15.0. The molecule has 3 aromatic rings. The van der Waals surface area contributed by atoms with E-state index in [1.54, 1.807) is 0 Å². The van der Waals surface area contributed by atoms with Crippen LogP contribution in [0.3, 0.4) is 0 Å². The average Bonchev–Trinajstić information content (AvgIpc) is 2.78.